The first kappa shape index (κ1) is 18.9. The Morgan fingerprint density at radius 3 is 2.70 bits per heavy atom. The predicted octanol–water partition coefficient (Wildman–Crippen LogP) is 2.10. The average Bonchev–Trinajstić information content (AvgIpc) is 2.60. The van der Waals surface area contributed by atoms with Crippen molar-refractivity contribution < 1.29 is 22.7 Å². The number of ether oxygens (including phenoxy) is 1. The Labute approximate surface area is 153 Å². The second kappa shape index (κ2) is 7.42. The van der Waals surface area contributed by atoms with Gasteiger partial charge in [-0.15, -0.1) is 13.2 Å². The first-order valence-electron chi connectivity index (χ1n) is 8.40. The van der Waals surface area contributed by atoms with Crippen molar-refractivity contribution in [3.8, 4) is 5.75 Å². The van der Waals surface area contributed by atoms with E-state index in [9.17, 15) is 22.8 Å². The van der Waals surface area contributed by atoms with Crippen molar-refractivity contribution in [2.75, 3.05) is 0 Å². The number of carbonyl (C=O) groups excluding carboxylic acids is 1. The molecule has 1 aliphatic carbocycles. The number of aryl methyl sites for hydroxylation is 2. The van der Waals surface area contributed by atoms with Crippen molar-refractivity contribution >= 4 is 5.91 Å². The molecule has 9 heteroatoms. The Balaban J connectivity index is 1.57. The zero-order valence-electron chi connectivity index (χ0n) is 14.5. The van der Waals surface area contributed by atoms with Gasteiger partial charge in [-0.1, -0.05) is 12.1 Å². The van der Waals surface area contributed by atoms with Crippen LogP contribution in [0.4, 0.5) is 13.2 Å². The van der Waals surface area contributed by atoms with Crippen molar-refractivity contribution in [3.05, 3.63) is 57.5 Å². The van der Waals surface area contributed by atoms with Crippen LogP contribution in [0.2, 0.25) is 0 Å². The molecule has 3 rings (SSSR count). The molecule has 1 aliphatic rings. The second-order valence-electron chi connectivity index (χ2n) is 6.43. The summed E-state index contributed by atoms with van der Waals surface area (Å²) in [7, 11) is 1.59. The molecule has 0 spiro atoms. The summed E-state index contributed by atoms with van der Waals surface area (Å²) >= 11 is 0. The van der Waals surface area contributed by atoms with Gasteiger partial charge in [0, 0.05) is 25.6 Å². The van der Waals surface area contributed by atoms with Gasteiger partial charge in [0.1, 0.15) is 5.75 Å². The van der Waals surface area contributed by atoms with E-state index in [0.29, 0.717) is 24.8 Å². The molecule has 0 saturated heterocycles. The van der Waals surface area contributed by atoms with Crippen LogP contribution in [0.15, 0.2) is 35.1 Å². The molecule has 1 aromatic carbocycles. The number of aromatic nitrogens is 2. The molecule has 1 N–H and O–H groups in total. The van der Waals surface area contributed by atoms with E-state index in [2.05, 4.69) is 15.2 Å². The standard InChI is InChI=1S/C18H18F3N3O3/c1-24-16(25)9-13-8-12(4-7-15(13)23-24)17(26)22-10-11-2-5-14(6-3-11)27-18(19,20)21/h2-3,5-6,9,12H,4,7-8,10H2,1H3,(H,22,26). The van der Waals surface area contributed by atoms with E-state index in [4.69, 9.17) is 0 Å². The summed E-state index contributed by atoms with van der Waals surface area (Å²) in [6.07, 6.45) is -3.04. The Hall–Kier alpha value is -2.84. The maximum Gasteiger partial charge on any atom is 0.573 e. The summed E-state index contributed by atoms with van der Waals surface area (Å²) in [5, 5.41) is 7.00. The lowest BCUT2D eigenvalue weighted by Gasteiger charge is -2.23. The van der Waals surface area contributed by atoms with Crippen molar-refractivity contribution in [1.29, 1.82) is 0 Å². The number of nitrogens with one attached hydrogen (secondary N) is 1. The molecule has 27 heavy (non-hydrogen) atoms. The molecule has 6 nitrogen and oxygen atoms in total. The van der Waals surface area contributed by atoms with Gasteiger partial charge in [0.2, 0.25) is 5.91 Å². The van der Waals surface area contributed by atoms with E-state index in [1.807, 2.05) is 0 Å². The van der Waals surface area contributed by atoms with Crippen molar-refractivity contribution in [2.45, 2.75) is 32.2 Å². The molecule has 0 saturated carbocycles. The first-order valence-corrected chi connectivity index (χ1v) is 8.40. The predicted molar refractivity (Wildman–Crippen MR) is 90.0 cm³/mol. The van der Waals surface area contributed by atoms with E-state index >= 15 is 0 Å². The van der Waals surface area contributed by atoms with E-state index in [1.54, 1.807) is 7.05 Å². The number of halogens is 3. The van der Waals surface area contributed by atoms with Gasteiger partial charge in [-0.2, -0.15) is 5.10 Å². The maximum absolute atomic E-state index is 12.4. The minimum Gasteiger partial charge on any atom is -0.406 e. The van der Waals surface area contributed by atoms with Crippen LogP contribution in [0.3, 0.4) is 0 Å². The average molecular weight is 381 g/mol. The second-order valence-corrected chi connectivity index (χ2v) is 6.43. The third kappa shape index (κ3) is 4.87. The van der Waals surface area contributed by atoms with Crippen LogP contribution in [0.25, 0.3) is 0 Å². The van der Waals surface area contributed by atoms with Gasteiger partial charge in [-0.3, -0.25) is 9.59 Å². The van der Waals surface area contributed by atoms with E-state index < -0.39 is 6.36 Å². The molecule has 1 amide bonds. The van der Waals surface area contributed by atoms with Crippen LogP contribution < -0.4 is 15.6 Å². The molecule has 0 aliphatic heterocycles. The van der Waals surface area contributed by atoms with Gasteiger partial charge < -0.3 is 10.1 Å². The highest BCUT2D eigenvalue weighted by molar-refractivity contribution is 5.79. The fraction of sp³-hybridized carbons (Fsp3) is 0.389. The van der Waals surface area contributed by atoms with Gasteiger partial charge in [0.05, 0.1) is 5.69 Å². The van der Waals surface area contributed by atoms with E-state index in [0.717, 1.165) is 11.3 Å². The molecule has 144 valence electrons. The quantitative estimate of drug-likeness (QED) is 0.880. The molecular weight excluding hydrogens is 363 g/mol. The summed E-state index contributed by atoms with van der Waals surface area (Å²) in [5.74, 6) is -0.730. The van der Waals surface area contributed by atoms with Crippen LogP contribution in [-0.4, -0.2) is 22.1 Å². The lowest BCUT2D eigenvalue weighted by molar-refractivity contribution is -0.274. The Bertz CT molecular complexity index is 891. The minimum absolute atomic E-state index is 0.156. The number of hydrogen-bond acceptors (Lipinski definition) is 4. The van der Waals surface area contributed by atoms with Crippen molar-refractivity contribution in [2.24, 2.45) is 13.0 Å². The molecule has 1 aromatic heterocycles. The number of carbonyl (C=O) groups is 1. The highest BCUT2D eigenvalue weighted by Gasteiger charge is 2.31. The highest BCUT2D eigenvalue weighted by atomic mass is 19.4. The van der Waals surface area contributed by atoms with Crippen molar-refractivity contribution in [1.82, 2.24) is 15.1 Å². The number of rotatable bonds is 4. The monoisotopic (exact) mass is 381 g/mol. The summed E-state index contributed by atoms with van der Waals surface area (Å²) in [6, 6.07) is 6.85. The fourth-order valence-electron chi connectivity index (χ4n) is 3.05. The van der Waals surface area contributed by atoms with Crippen LogP contribution in [0.5, 0.6) is 5.75 Å². The van der Waals surface area contributed by atoms with Crippen LogP contribution in [-0.2, 0) is 31.2 Å². The molecular formula is C18H18F3N3O3. The first-order chi connectivity index (χ1) is 12.7. The maximum atomic E-state index is 12.4. The number of amides is 1. The van der Waals surface area contributed by atoms with Gasteiger partial charge in [-0.05, 0) is 42.5 Å². The van der Waals surface area contributed by atoms with Crippen molar-refractivity contribution in [3.63, 3.8) is 0 Å². The number of hydrogen-bond donors (Lipinski definition) is 1. The highest BCUT2D eigenvalue weighted by Crippen LogP contribution is 2.24. The Morgan fingerprint density at radius 1 is 1.33 bits per heavy atom. The smallest absolute Gasteiger partial charge is 0.406 e. The topological polar surface area (TPSA) is 73.2 Å². The molecule has 0 fully saturated rings. The Morgan fingerprint density at radius 2 is 2.04 bits per heavy atom. The zero-order valence-corrected chi connectivity index (χ0v) is 14.5. The lowest BCUT2D eigenvalue weighted by Crippen LogP contribution is -2.35. The van der Waals surface area contributed by atoms with Crippen LogP contribution in [0.1, 0.15) is 23.2 Å². The number of fused-ring (bicyclic) bond motifs is 1. The molecule has 1 heterocycles. The fourth-order valence-corrected chi connectivity index (χ4v) is 3.05. The third-order valence-electron chi connectivity index (χ3n) is 4.45. The van der Waals surface area contributed by atoms with Crippen LogP contribution in [0, 0.1) is 5.92 Å². The molecule has 2 aromatic rings. The SMILES string of the molecule is Cn1nc2c(cc1=O)CC(C(=O)NCc1ccc(OC(F)(F)F)cc1)CC2. The largest absolute Gasteiger partial charge is 0.573 e. The normalized spacial score (nSPS) is 16.5. The van der Waals surface area contributed by atoms with E-state index in [1.165, 1.54) is 35.0 Å². The summed E-state index contributed by atoms with van der Waals surface area (Å²) in [5.41, 5.74) is 2.07. The summed E-state index contributed by atoms with van der Waals surface area (Å²) in [4.78, 5) is 24.1. The third-order valence-corrected chi connectivity index (χ3v) is 4.45. The Kier molecular flexibility index (Phi) is 5.20. The van der Waals surface area contributed by atoms with Gasteiger partial charge >= 0.3 is 6.36 Å². The van der Waals surface area contributed by atoms with Crippen LogP contribution >= 0.6 is 0 Å². The summed E-state index contributed by atoms with van der Waals surface area (Å²) < 4.78 is 41.5. The van der Waals surface area contributed by atoms with Gasteiger partial charge in [0.15, 0.2) is 0 Å². The minimum atomic E-state index is -4.73. The van der Waals surface area contributed by atoms with Gasteiger partial charge in [0.25, 0.3) is 5.56 Å². The zero-order chi connectivity index (χ0) is 19.6. The van der Waals surface area contributed by atoms with E-state index in [-0.39, 0.29) is 29.7 Å². The number of benzene rings is 1. The molecule has 1 atom stereocenters. The molecule has 1 unspecified atom stereocenters. The molecule has 0 radical (unpaired) electrons. The summed E-state index contributed by atoms with van der Waals surface area (Å²) in [6.45, 7) is 0.198. The molecule has 0 bridgehead atoms. The number of alkyl halides is 3. The lowest BCUT2D eigenvalue weighted by atomic mass is 9.86. The van der Waals surface area contributed by atoms with Gasteiger partial charge in [-0.25, -0.2) is 4.68 Å². The number of nitrogens with zero attached hydrogens (tertiary/aromatic N) is 2.